The Bertz CT molecular complexity index is 1180. The molecule has 178 valence electrons. The van der Waals surface area contributed by atoms with E-state index in [9.17, 15) is 4.79 Å². The first kappa shape index (κ1) is 22.9. The van der Waals surface area contributed by atoms with Crippen LogP contribution in [0.15, 0.2) is 49.3 Å². The summed E-state index contributed by atoms with van der Waals surface area (Å²) in [6, 6.07) is 8.91. The van der Waals surface area contributed by atoms with Gasteiger partial charge < -0.3 is 20.5 Å². The molecule has 34 heavy (non-hydrogen) atoms. The maximum atomic E-state index is 11.8. The molecule has 1 saturated heterocycles. The summed E-state index contributed by atoms with van der Waals surface area (Å²) in [5.41, 5.74) is 2.78. The third kappa shape index (κ3) is 4.95. The molecule has 0 bridgehead atoms. The number of H-pyrrole nitrogens is 1. The zero-order chi connectivity index (χ0) is 23.5. The van der Waals surface area contributed by atoms with Gasteiger partial charge in [-0.05, 0) is 56.7 Å². The number of para-hydroxylation sites is 1. The number of halogens is 1. The normalized spacial score (nSPS) is 22.7. The molecule has 3 atom stereocenters. The third-order valence-corrected chi connectivity index (χ3v) is 7.34. The second kappa shape index (κ2) is 10.2. The van der Waals surface area contributed by atoms with Crippen molar-refractivity contribution >= 4 is 34.4 Å². The van der Waals surface area contributed by atoms with Crippen LogP contribution in [0.1, 0.15) is 32.1 Å². The molecule has 2 fully saturated rings. The predicted octanol–water partition coefficient (Wildman–Crippen LogP) is 4.63. The standard InChI is InChI=1S/C26H31ClN6O/c1-2-24(34)33-11-10-17(16-33)13-28-18-6-5-7-19(12-18)31-26-30-15-22(27)25(32-26)21-14-29-23-9-4-3-8-20(21)23/h2-4,8-9,14-15,17-19,28-29H,1,5-7,10-13,16H2,(H,30,31,32)/t17?,18-,19+/m0/s1. The molecule has 1 aromatic carbocycles. The summed E-state index contributed by atoms with van der Waals surface area (Å²) in [7, 11) is 0. The number of rotatable bonds is 7. The van der Waals surface area contributed by atoms with Crippen LogP contribution in [0, 0.1) is 5.92 Å². The van der Waals surface area contributed by atoms with Crippen molar-refractivity contribution in [2.45, 2.75) is 44.2 Å². The molecule has 8 heteroatoms. The largest absolute Gasteiger partial charge is 0.360 e. The summed E-state index contributed by atoms with van der Waals surface area (Å²) in [6.45, 7) is 6.20. The Labute approximate surface area is 205 Å². The minimum Gasteiger partial charge on any atom is -0.360 e. The van der Waals surface area contributed by atoms with Crippen molar-refractivity contribution in [1.82, 2.24) is 25.2 Å². The molecule has 7 nitrogen and oxygen atoms in total. The van der Waals surface area contributed by atoms with Crippen LogP contribution in [0.25, 0.3) is 22.2 Å². The molecule has 0 radical (unpaired) electrons. The molecule has 0 spiro atoms. The molecule has 1 aliphatic carbocycles. The number of aromatic nitrogens is 3. The predicted molar refractivity (Wildman–Crippen MR) is 137 cm³/mol. The van der Waals surface area contributed by atoms with Gasteiger partial charge in [-0.1, -0.05) is 36.4 Å². The molecule has 2 aliphatic rings. The molecule has 1 saturated carbocycles. The van der Waals surface area contributed by atoms with Crippen LogP contribution in [0.4, 0.5) is 5.95 Å². The molecule has 5 rings (SSSR count). The lowest BCUT2D eigenvalue weighted by Gasteiger charge is -2.31. The number of fused-ring (bicyclic) bond motifs is 1. The topological polar surface area (TPSA) is 85.9 Å². The zero-order valence-corrected chi connectivity index (χ0v) is 20.0. The number of amides is 1. The highest BCUT2D eigenvalue weighted by atomic mass is 35.5. The van der Waals surface area contributed by atoms with Gasteiger partial charge in [-0.2, -0.15) is 0 Å². The molecular weight excluding hydrogens is 448 g/mol. The zero-order valence-electron chi connectivity index (χ0n) is 19.3. The fourth-order valence-corrected chi connectivity index (χ4v) is 5.44. The smallest absolute Gasteiger partial charge is 0.245 e. The number of anilines is 1. The highest BCUT2D eigenvalue weighted by Crippen LogP contribution is 2.32. The van der Waals surface area contributed by atoms with E-state index in [4.69, 9.17) is 16.6 Å². The number of carbonyl (C=O) groups is 1. The summed E-state index contributed by atoms with van der Waals surface area (Å²) in [5, 5.41) is 8.94. The molecule has 3 heterocycles. The first-order valence-electron chi connectivity index (χ1n) is 12.1. The average molecular weight is 479 g/mol. The Morgan fingerprint density at radius 3 is 3.00 bits per heavy atom. The molecule has 1 unspecified atom stereocenters. The van der Waals surface area contributed by atoms with Crippen LogP contribution in [-0.4, -0.2) is 57.5 Å². The van der Waals surface area contributed by atoms with E-state index >= 15 is 0 Å². The van der Waals surface area contributed by atoms with Gasteiger partial charge in [0.15, 0.2) is 0 Å². The van der Waals surface area contributed by atoms with E-state index in [0.717, 1.165) is 67.5 Å². The van der Waals surface area contributed by atoms with Gasteiger partial charge in [0.2, 0.25) is 11.9 Å². The minimum atomic E-state index is 0.0411. The van der Waals surface area contributed by atoms with Gasteiger partial charge in [0, 0.05) is 47.8 Å². The van der Waals surface area contributed by atoms with E-state index in [1.165, 1.54) is 12.5 Å². The van der Waals surface area contributed by atoms with Gasteiger partial charge >= 0.3 is 0 Å². The van der Waals surface area contributed by atoms with Crippen molar-refractivity contribution in [3.8, 4) is 11.3 Å². The van der Waals surface area contributed by atoms with Crippen LogP contribution in [0.2, 0.25) is 5.02 Å². The second-order valence-electron chi connectivity index (χ2n) is 9.39. The Hall–Kier alpha value is -2.90. The highest BCUT2D eigenvalue weighted by molar-refractivity contribution is 6.33. The molecule has 3 N–H and O–H groups in total. The number of carbonyl (C=O) groups excluding carboxylic acids is 1. The van der Waals surface area contributed by atoms with E-state index in [2.05, 4.69) is 33.2 Å². The van der Waals surface area contributed by atoms with Gasteiger partial charge in [0.25, 0.3) is 0 Å². The Kier molecular flexibility index (Phi) is 6.83. The van der Waals surface area contributed by atoms with Crippen molar-refractivity contribution in [2.24, 2.45) is 5.92 Å². The Balaban J connectivity index is 1.20. The number of nitrogens with zero attached hydrogens (tertiary/aromatic N) is 3. The highest BCUT2D eigenvalue weighted by Gasteiger charge is 2.27. The van der Waals surface area contributed by atoms with Crippen LogP contribution in [0.5, 0.6) is 0 Å². The quantitative estimate of drug-likeness (QED) is 0.431. The van der Waals surface area contributed by atoms with Gasteiger partial charge in [-0.15, -0.1) is 0 Å². The van der Waals surface area contributed by atoms with Crippen molar-refractivity contribution in [1.29, 1.82) is 0 Å². The maximum absolute atomic E-state index is 11.8. The minimum absolute atomic E-state index is 0.0411. The van der Waals surface area contributed by atoms with Gasteiger partial charge in [-0.3, -0.25) is 4.79 Å². The van der Waals surface area contributed by atoms with Gasteiger partial charge in [0.05, 0.1) is 16.9 Å². The number of benzene rings is 1. The first-order chi connectivity index (χ1) is 16.6. The lowest BCUT2D eigenvalue weighted by molar-refractivity contribution is -0.125. The van der Waals surface area contributed by atoms with Gasteiger partial charge in [-0.25, -0.2) is 9.97 Å². The number of hydrogen-bond acceptors (Lipinski definition) is 5. The number of nitrogens with one attached hydrogen (secondary N) is 3. The monoisotopic (exact) mass is 478 g/mol. The average Bonchev–Trinajstić information content (AvgIpc) is 3.51. The fraction of sp³-hybridized carbons (Fsp3) is 0.423. The molecular formula is C26H31ClN6O. The lowest BCUT2D eigenvalue weighted by atomic mass is 9.90. The van der Waals surface area contributed by atoms with Crippen molar-refractivity contribution in [2.75, 3.05) is 25.0 Å². The van der Waals surface area contributed by atoms with Crippen LogP contribution in [0.3, 0.4) is 0 Å². The van der Waals surface area contributed by atoms with E-state index in [1.807, 2.05) is 29.3 Å². The van der Waals surface area contributed by atoms with E-state index in [1.54, 1.807) is 6.20 Å². The number of likely N-dealkylation sites (tertiary alicyclic amines) is 1. The summed E-state index contributed by atoms with van der Waals surface area (Å²) in [4.78, 5) is 26.3. The van der Waals surface area contributed by atoms with E-state index in [0.29, 0.717) is 29.0 Å². The SMILES string of the molecule is C=CC(=O)N1CCC(CN[C@H]2CCC[C@@H](Nc3ncc(Cl)c(-c4c[nH]c5ccccc45)n3)C2)C1. The number of aromatic amines is 1. The van der Waals surface area contributed by atoms with Crippen LogP contribution >= 0.6 is 11.6 Å². The first-order valence-corrected chi connectivity index (χ1v) is 12.5. The van der Waals surface area contributed by atoms with Crippen LogP contribution < -0.4 is 10.6 Å². The van der Waals surface area contributed by atoms with Gasteiger partial charge in [0.1, 0.15) is 0 Å². The Morgan fingerprint density at radius 1 is 1.26 bits per heavy atom. The molecule has 1 aliphatic heterocycles. The van der Waals surface area contributed by atoms with E-state index in [-0.39, 0.29) is 5.91 Å². The van der Waals surface area contributed by atoms with Crippen molar-refractivity contribution in [3.63, 3.8) is 0 Å². The van der Waals surface area contributed by atoms with Crippen molar-refractivity contribution < 1.29 is 4.79 Å². The second-order valence-corrected chi connectivity index (χ2v) is 9.80. The molecule has 1 amide bonds. The van der Waals surface area contributed by atoms with E-state index < -0.39 is 0 Å². The molecule has 3 aromatic rings. The maximum Gasteiger partial charge on any atom is 0.245 e. The number of hydrogen-bond donors (Lipinski definition) is 3. The third-order valence-electron chi connectivity index (χ3n) is 7.06. The fourth-order valence-electron chi connectivity index (χ4n) is 5.24. The molecule has 2 aromatic heterocycles. The summed E-state index contributed by atoms with van der Waals surface area (Å²) in [5.74, 6) is 1.17. The summed E-state index contributed by atoms with van der Waals surface area (Å²) >= 11 is 6.49. The summed E-state index contributed by atoms with van der Waals surface area (Å²) < 4.78 is 0. The summed E-state index contributed by atoms with van der Waals surface area (Å²) in [6.07, 6.45) is 10.5. The van der Waals surface area contributed by atoms with Crippen molar-refractivity contribution in [3.05, 3.63) is 54.3 Å². The van der Waals surface area contributed by atoms with Crippen LogP contribution in [-0.2, 0) is 4.79 Å². The Morgan fingerprint density at radius 2 is 2.12 bits per heavy atom. The lowest BCUT2D eigenvalue weighted by Crippen LogP contribution is -2.41.